The summed E-state index contributed by atoms with van der Waals surface area (Å²) < 4.78 is 7.64. The molecule has 2 rings (SSSR count). The number of hydrogen-bond donors (Lipinski definition) is 1. The highest BCUT2D eigenvalue weighted by atomic mass is 16.5. The molecule has 1 fully saturated rings. The maximum absolute atomic E-state index is 12.1. The second kappa shape index (κ2) is 5.40. The lowest BCUT2D eigenvalue weighted by Crippen LogP contribution is -2.30. The zero-order valence-electron chi connectivity index (χ0n) is 12.6. The van der Waals surface area contributed by atoms with Crippen LogP contribution in [0.15, 0.2) is 23.1 Å². The van der Waals surface area contributed by atoms with Crippen LogP contribution in [-0.4, -0.2) is 15.7 Å². The molecule has 0 aliphatic carbocycles. The summed E-state index contributed by atoms with van der Waals surface area (Å²) in [6.07, 6.45) is 2.42. The number of hydrogen-bond acceptors (Lipinski definition) is 4. The first-order chi connectivity index (χ1) is 9.36. The van der Waals surface area contributed by atoms with Crippen molar-refractivity contribution in [2.75, 3.05) is 5.73 Å². The lowest BCUT2D eigenvalue weighted by atomic mass is 9.84. The van der Waals surface area contributed by atoms with Gasteiger partial charge in [-0.25, -0.2) is 4.79 Å². The molecule has 4 unspecified atom stereocenters. The molecule has 0 bridgehead atoms. The quantitative estimate of drug-likeness (QED) is 0.860. The number of aromatic nitrogens is 2. The predicted octanol–water partition coefficient (Wildman–Crippen LogP) is 2.27. The van der Waals surface area contributed by atoms with Crippen molar-refractivity contribution in [1.82, 2.24) is 9.55 Å². The SMILES string of the molecule is C=C(C)C1C(CC)OC(n2cc(C)c(N)nc2=O)C1C. The van der Waals surface area contributed by atoms with E-state index in [2.05, 4.69) is 25.4 Å². The molecule has 5 heteroatoms. The molecule has 2 heterocycles. The molecule has 1 saturated heterocycles. The van der Waals surface area contributed by atoms with Gasteiger partial charge in [0, 0.05) is 23.6 Å². The number of nitrogens with zero attached hydrogens (tertiary/aromatic N) is 2. The summed E-state index contributed by atoms with van der Waals surface area (Å²) in [4.78, 5) is 15.9. The van der Waals surface area contributed by atoms with Gasteiger partial charge in [0.05, 0.1) is 6.10 Å². The largest absolute Gasteiger partial charge is 0.383 e. The Labute approximate surface area is 119 Å². The predicted molar refractivity (Wildman–Crippen MR) is 79.3 cm³/mol. The average Bonchev–Trinajstić information content (AvgIpc) is 2.71. The Morgan fingerprint density at radius 2 is 2.25 bits per heavy atom. The third-order valence-corrected chi connectivity index (χ3v) is 4.15. The van der Waals surface area contributed by atoms with Gasteiger partial charge in [0.15, 0.2) is 0 Å². The molecule has 1 aliphatic heterocycles. The van der Waals surface area contributed by atoms with Crippen molar-refractivity contribution < 1.29 is 4.74 Å². The Balaban J connectivity index is 2.42. The molecule has 1 aromatic rings. The van der Waals surface area contributed by atoms with Gasteiger partial charge >= 0.3 is 5.69 Å². The van der Waals surface area contributed by atoms with Crippen molar-refractivity contribution >= 4 is 5.82 Å². The Morgan fingerprint density at radius 1 is 1.60 bits per heavy atom. The molecule has 5 nitrogen and oxygen atoms in total. The molecule has 4 atom stereocenters. The van der Waals surface area contributed by atoms with Gasteiger partial charge in [-0.3, -0.25) is 4.57 Å². The minimum atomic E-state index is -0.359. The summed E-state index contributed by atoms with van der Waals surface area (Å²) in [5, 5.41) is 0. The molecule has 0 spiro atoms. The van der Waals surface area contributed by atoms with Crippen LogP contribution < -0.4 is 11.4 Å². The van der Waals surface area contributed by atoms with Crippen LogP contribution in [0.25, 0.3) is 0 Å². The van der Waals surface area contributed by atoms with Crippen molar-refractivity contribution in [3.05, 3.63) is 34.4 Å². The Hall–Kier alpha value is -1.62. The standard InChI is InChI=1S/C15H23N3O2/c1-6-11-12(8(2)3)10(5)14(20-11)18-7-9(4)13(16)17-15(18)19/h7,10-12,14H,2,6H2,1,3-5H3,(H2,16,17,19). The van der Waals surface area contributed by atoms with E-state index in [-0.39, 0.29) is 35.7 Å². The second-order valence-electron chi connectivity index (χ2n) is 5.70. The first kappa shape index (κ1) is 14.8. The smallest absolute Gasteiger partial charge is 0.351 e. The molecular formula is C15H23N3O2. The van der Waals surface area contributed by atoms with E-state index in [1.165, 1.54) is 0 Å². The fourth-order valence-electron chi connectivity index (χ4n) is 3.10. The van der Waals surface area contributed by atoms with Crippen molar-refractivity contribution in [1.29, 1.82) is 0 Å². The molecule has 20 heavy (non-hydrogen) atoms. The number of nitrogens with two attached hydrogens (primary N) is 1. The van der Waals surface area contributed by atoms with Crippen molar-refractivity contribution in [2.45, 2.75) is 46.4 Å². The molecule has 1 aliphatic rings. The summed E-state index contributed by atoms with van der Waals surface area (Å²) in [7, 11) is 0. The third kappa shape index (κ3) is 2.38. The van der Waals surface area contributed by atoms with E-state index in [4.69, 9.17) is 10.5 Å². The zero-order valence-corrected chi connectivity index (χ0v) is 12.6. The van der Waals surface area contributed by atoms with Crippen LogP contribution in [0.3, 0.4) is 0 Å². The van der Waals surface area contributed by atoms with Crippen molar-refractivity contribution in [3.63, 3.8) is 0 Å². The van der Waals surface area contributed by atoms with Crippen LogP contribution in [0.5, 0.6) is 0 Å². The van der Waals surface area contributed by atoms with E-state index in [0.29, 0.717) is 0 Å². The number of nitrogen functional groups attached to an aromatic ring is 1. The van der Waals surface area contributed by atoms with Gasteiger partial charge in [-0.05, 0) is 20.3 Å². The van der Waals surface area contributed by atoms with Gasteiger partial charge in [-0.15, -0.1) is 0 Å². The van der Waals surface area contributed by atoms with Crippen LogP contribution in [0.4, 0.5) is 5.82 Å². The molecule has 0 saturated carbocycles. The van der Waals surface area contributed by atoms with E-state index >= 15 is 0 Å². The average molecular weight is 277 g/mol. The lowest BCUT2D eigenvalue weighted by Gasteiger charge is -2.21. The Morgan fingerprint density at radius 3 is 2.75 bits per heavy atom. The van der Waals surface area contributed by atoms with E-state index < -0.39 is 0 Å². The fraction of sp³-hybridized carbons (Fsp3) is 0.600. The third-order valence-electron chi connectivity index (χ3n) is 4.15. The van der Waals surface area contributed by atoms with Gasteiger partial charge in [0.2, 0.25) is 0 Å². The molecule has 110 valence electrons. The first-order valence-electron chi connectivity index (χ1n) is 7.03. The summed E-state index contributed by atoms with van der Waals surface area (Å²) in [6.45, 7) is 12.1. The summed E-state index contributed by atoms with van der Waals surface area (Å²) in [6, 6.07) is 0. The summed E-state index contributed by atoms with van der Waals surface area (Å²) in [5.41, 5.74) is 7.20. The van der Waals surface area contributed by atoms with Crippen LogP contribution in [-0.2, 0) is 4.74 Å². The van der Waals surface area contributed by atoms with Gasteiger partial charge in [0.25, 0.3) is 0 Å². The number of rotatable bonds is 3. The molecular weight excluding hydrogens is 254 g/mol. The maximum atomic E-state index is 12.1. The Bertz CT molecular complexity index is 579. The molecule has 1 aromatic heterocycles. The number of aryl methyl sites for hydroxylation is 1. The van der Waals surface area contributed by atoms with E-state index in [9.17, 15) is 4.79 Å². The normalized spacial score (nSPS) is 29.6. The topological polar surface area (TPSA) is 70.1 Å². The highest BCUT2D eigenvalue weighted by Gasteiger charge is 2.42. The maximum Gasteiger partial charge on any atom is 0.351 e. The summed E-state index contributed by atoms with van der Waals surface area (Å²) >= 11 is 0. The lowest BCUT2D eigenvalue weighted by molar-refractivity contribution is -0.0163. The zero-order chi connectivity index (χ0) is 15.0. The fourth-order valence-corrected chi connectivity index (χ4v) is 3.10. The van der Waals surface area contributed by atoms with Crippen LogP contribution in [0, 0.1) is 18.8 Å². The molecule has 2 N–H and O–H groups in total. The monoisotopic (exact) mass is 277 g/mol. The second-order valence-corrected chi connectivity index (χ2v) is 5.70. The highest BCUT2D eigenvalue weighted by Crippen LogP contribution is 2.42. The highest BCUT2D eigenvalue weighted by molar-refractivity contribution is 5.35. The van der Waals surface area contributed by atoms with Crippen LogP contribution in [0.2, 0.25) is 0 Å². The van der Waals surface area contributed by atoms with Crippen molar-refractivity contribution in [3.8, 4) is 0 Å². The van der Waals surface area contributed by atoms with Crippen molar-refractivity contribution in [2.24, 2.45) is 11.8 Å². The Kier molecular flexibility index (Phi) is 3.99. The molecule has 0 amide bonds. The molecule has 0 aromatic carbocycles. The minimum absolute atomic E-state index is 0.0947. The van der Waals surface area contributed by atoms with Crippen LogP contribution >= 0.6 is 0 Å². The molecule has 0 radical (unpaired) electrons. The van der Waals surface area contributed by atoms with E-state index in [1.54, 1.807) is 10.8 Å². The number of ether oxygens (including phenoxy) is 1. The van der Waals surface area contributed by atoms with Gasteiger partial charge in [-0.1, -0.05) is 26.0 Å². The van der Waals surface area contributed by atoms with Crippen LogP contribution in [0.1, 0.15) is 39.0 Å². The summed E-state index contributed by atoms with van der Waals surface area (Å²) in [5.74, 6) is 0.718. The van der Waals surface area contributed by atoms with Gasteiger partial charge in [0.1, 0.15) is 12.0 Å². The number of anilines is 1. The van der Waals surface area contributed by atoms with E-state index in [1.807, 2.05) is 13.8 Å². The van der Waals surface area contributed by atoms with Gasteiger partial charge < -0.3 is 10.5 Å². The first-order valence-corrected chi connectivity index (χ1v) is 7.03. The van der Waals surface area contributed by atoms with Gasteiger partial charge in [-0.2, -0.15) is 4.98 Å². The minimum Gasteiger partial charge on any atom is -0.383 e. The van der Waals surface area contributed by atoms with E-state index in [0.717, 1.165) is 17.6 Å².